The lowest BCUT2D eigenvalue weighted by molar-refractivity contribution is -0.384. The molecular weight excluding hydrogens is 324 g/mol. The molecule has 0 aliphatic heterocycles. The largest absolute Gasteiger partial charge is 0.288 e. The van der Waals surface area contributed by atoms with Gasteiger partial charge in [0.05, 0.1) is 10.6 Å². The van der Waals surface area contributed by atoms with Crippen molar-refractivity contribution in [3.8, 4) is 11.3 Å². The van der Waals surface area contributed by atoms with Crippen molar-refractivity contribution in [1.29, 1.82) is 0 Å². The van der Waals surface area contributed by atoms with Gasteiger partial charge in [0.1, 0.15) is 0 Å². The maximum Gasteiger partial charge on any atom is 0.270 e. The Kier molecular flexibility index (Phi) is 3.80. The third kappa shape index (κ3) is 2.27. The molecule has 0 unspecified atom stereocenters. The Morgan fingerprint density at radius 1 is 1.30 bits per heavy atom. The van der Waals surface area contributed by atoms with Gasteiger partial charge in [0.2, 0.25) is 5.78 Å². The topological polar surface area (TPSA) is 73.3 Å². The Bertz CT molecular complexity index is 785. The van der Waals surface area contributed by atoms with Gasteiger partial charge in [-0.3, -0.25) is 14.5 Å². The van der Waals surface area contributed by atoms with Crippen LogP contribution in [-0.4, -0.2) is 19.3 Å². The fourth-order valence-corrected chi connectivity index (χ4v) is 2.04. The fourth-order valence-electron chi connectivity index (χ4n) is 2.04. The van der Waals surface area contributed by atoms with E-state index in [0.717, 1.165) is 11.3 Å². The van der Waals surface area contributed by atoms with Gasteiger partial charge in [-0.15, -0.1) is 17.0 Å². The van der Waals surface area contributed by atoms with E-state index in [-0.39, 0.29) is 22.7 Å². The minimum atomic E-state index is -0.410. The van der Waals surface area contributed by atoms with Crippen LogP contribution in [0.25, 0.3) is 17.0 Å². The van der Waals surface area contributed by atoms with Gasteiger partial charge >= 0.3 is 0 Å². The van der Waals surface area contributed by atoms with E-state index in [1.807, 2.05) is 29.7 Å². The van der Waals surface area contributed by atoms with Crippen molar-refractivity contribution >= 4 is 28.4 Å². The molecule has 0 saturated carbocycles. The molecule has 0 N–H and O–H groups in total. The molecule has 102 valence electrons. The summed E-state index contributed by atoms with van der Waals surface area (Å²) in [5, 5.41) is 10.8. The number of aryl methyl sites for hydroxylation is 1. The van der Waals surface area contributed by atoms with E-state index in [1.165, 1.54) is 12.1 Å². The number of benzene rings is 1. The lowest BCUT2D eigenvalue weighted by Gasteiger charge is -1.99. The minimum Gasteiger partial charge on any atom is -0.288 e. The quantitative estimate of drug-likeness (QED) is 0.532. The van der Waals surface area contributed by atoms with Crippen molar-refractivity contribution in [1.82, 2.24) is 14.4 Å². The Balaban J connectivity index is 0.00000147. The van der Waals surface area contributed by atoms with E-state index >= 15 is 0 Å². The molecule has 2 heterocycles. The van der Waals surface area contributed by atoms with Gasteiger partial charge in [-0.05, 0) is 13.0 Å². The van der Waals surface area contributed by atoms with E-state index in [2.05, 4.69) is 9.97 Å². The molecule has 3 rings (SSSR count). The fraction of sp³-hybridized carbons (Fsp3) is 0.0769. The molecule has 0 aliphatic carbocycles. The average molecular weight is 335 g/mol. The van der Waals surface area contributed by atoms with Crippen LogP contribution in [0.4, 0.5) is 5.69 Å². The third-order valence-electron chi connectivity index (χ3n) is 2.97. The summed E-state index contributed by atoms with van der Waals surface area (Å²) in [4.78, 5) is 19.0. The van der Waals surface area contributed by atoms with E-state index < -0.39 is 4.92 Å². The predicted octanol–water partition coefficient (Wildman–Crippen LogP) is 3.19. The van der Waals surface area contributed by atoms with Crippen molar-refractivity contribution in [2.75, 3.05) is 0 Å². The smallest absolute Gasteiger partial charge is 0.270 e. The monoisotopic (exact) mass is 334 g/mol. The van der Waals surface area contributed by atoms with Gasteiger partial charge in [0, 0.05) is 35.8 Å². The number of imidazole rings is 1. The van der Waals surface area contributed by atoms with Crippen LogP contribution >= 0.6 is 17.0 Å². The molecule has 3 aromatic rings. The van der Waals surface area contributed by atoms with Gasteiger partial charge < -0.3 is 0 Å². The van der Waals surface area contributed by atoms with E-state index in [1.54, 1.807) is 12.3 Å². The van der Waals surface area contributed by atoms with Crippen molar-refractivity contribution in [2.24, 2.45) is 0 Å². The zero-order valence-electron chi connectivity index (χ0n) is 10.6. The highest BCUT2D eigenvalue weighted by molar-refractivity contribution is 8.93. The maximum absolute atomic E-state index is 10.8. The average Bonchev–Trinajstić information content (AvgIpc) is 2.77. The number of fused-ring (bicyclic) bond motifs is 1. The van der Waals surface area contributed by atoms with Crippen molar-refractivity contribution in [3.63, 3.8) is 0 Å². The molecule has 0 saturated heterocycles. The second kappa shape index (κ2) is 5.38. The lowest BCUT2D eigenvalue weighted by Crippen LogP contribution is -1.90. The summed E-state index contributed by atoms with van der Waals surface area (Å²) < 4.78 is 1.86. The second-order valence-electron chi connectivity index (χ2n) is 4.14. The summed E-state index contributed by atoms with van der Waals surface area (Å²) >= 11 is 0. The van der Waals surface area contributed by atoms with Gasteiger partial charge in [-0.2, -0.15) is 0 Å². The number of rotatable bonds is 2. The Morgan fingerprint density at radius 2 is 2.10 bits per heavy atom. The number of hydrogen-bond donors (Lipinski definition) is 0. The van der Waals surface area contributed by atoms with Gasteiger partial charge in [0.15, 0.2) is 0 Å². The van der Waals surface area contributed by atoms with Crippen LogP contribution in [0.3, 0.4) is 0 Å². The molecular formula is C13H11BrN4O2. The van der Waals surface area contributed by atoms with E-state index in [4.69, 9.17) is 0 Å². The van der Waals surface area contributed by atoms with Crippen LogP contribution in [-0.2, 0) is 0 Å². The van der Waals surface area contributed by atoms with Crippen LogP contribution < -0.4 is 0 Å². The molecule has 20 heavy (non-hydrogen) atoms. The van der Waals surface area contributed by atoms with Crippen molar-refractivity contribution in [3.05, 3.63) is 58.5 Å². The first-order chi connectivity index (χ1) is 9.16. The molecule has 6 nitrogen and oxygen atoms in total. The number of halogens is 1. The third-order valence-corrected chi connectivity index (χ3v) is 2.97. The Morgan fingerprint density at radius 3 is 2.80 bits per heavy atom. The summed E-state index contributed by atoms with van der Waals surface area (Å²) in [5.74, 6) is 0.585. The first-order valence-electron chi connectivity index (χ1n) is 5.71. The van der Waals surface area contributed by atoms with Crippen LogP contribution in [0.15, 0.2) is 42.7 Å². The molecule has 7 heteroatoms. The first-order valence-corrected chi connectivity index (χ1v) is 5.71. The zero-order valence-corrected chi connectivity index (χ0v) is 12.3. The first kappa shape index (κ1) is 14.1. The predicted molar refractivity (Wildman–Crippen MR) is 80.1 cm³/mol. The summed E-state index contributed by atoms with van der Waals surface area (Å²) in [6.07, 6.45) is 3.53. The molecule has 0 aliphatic rings. The van der Waals surface area contributed by atoms with Crippen molar-refractivity contribution < 1.29 is 4.92 Å². The van der Waals surface area contributed by atoms with Gasteiger partial charge in [-0.25, -0.2) is 9.97 Å². The number of nitro groups is 1. The second-order valence-corrected chi connectivity index (χ2v) is 4.14. The molecule has 2 aromatic heterocycles. The number of nitrogens with zero attached hydrogens (tertiary/aromatic N) is 4. The molecule has 0 amide bonds. The molecule has 0 radical (unpaired) electrons. The Hall–Kier alpha value is -2.28. The van der Waals surface area contributed by atoms with E-state index in [0.29, 0.717) is 11.5 Å². The molecule has 0 bridgehead atoms. The summed E-state index contributed by atoms with van der Waals surface area (Å²) in [6, 6.07) is 8.27. The lowest BCUT2D eigenvalue weighted by atomic mass is 10.1. The Labute approximate surface area is 125 Å². The SMILES string of the molecule is Br.Cc1c(-c2cccc([N+](=O)[O-])c2)nc2ncccn12. The van der Waals surface area contributed by atoms with Gasteiger partial charge in [0.25, 0.3) is 5.69 Å². The summed E-state index contributed by atoms with van der Waals surface area (Å²) in [7, 11) is 0. The van der Waals surface area contributed by atoms with Crippen molar-refractivity contribution in [2.45, 2.75) is 6.92 Å². The molecule has 1 aromatic carbocycles. The highest BCUT2D eigenvalue weighted by Gasteiger charge is 2.13. The highest BCUT2D eigenvalue weighted by Crippen LogP contribution is 2.26. The van der Waals surface area contributed by atoms with E-state index in [9.17, 15) is 10.1 Å². The normalized spacial score (nSPS) is 10.2. The summed E-state index contributed by atoms with van der Waals surface area (Å²) in [6.45, 7) is 1.91. The number of hydrogen-bond acceptors (Lipinski definition) is 4. The minimum absolute atomic E-state index is 0. The number of non-ortho nitro benzene ring substituents is 1. The highest BCUT2D eigenvalue weighted by atomic mass is 79.9. The van der Waals surface area contributed by atoms with Crippen LogP contribution in [0.5, 0.6) is 0 Å². The molecule has 0 fully saturated rings. The number of nitro benzene ring substituents is 1. The molecule has 0 atom stereocenters. The van der Waals surface area contributed by atoms with Gasteiger partial charge in [-0.1, -0.05) is 12.1 Å². The maximum atomic E-state index is 10.8. The molecule has 0 spiro atoms. The van der Waals surface area contributed by atoms with Crippen LogP contribution in [0, 0.1) is 17.0 Å². The zero-order chi connectivity index (χ0) is 13.4. The van der Waals surface area contributed by atoms with Crippen LogP contribution in [0.2, 0.25) is 0 Å². The summed E-state index contributed by atoms with van der Waals surface area (Å²) in [5.41, 5.74) is 2.39. The standard InChI is InChI=1S/C13H10N4O2.BrH/c1-9-12(15-13-14-6-3-7-16(9)13)10-4-2-5-11(8-10)17(18)19;/h2-8H,1H3;1H. The van der Waals surface area contributed by atoms with Crippen LogP contribution in [0.1, 0.15) is 5.69 Å². The number of aromatic nitrogens is 3.